The molecular weight excluding hydrogens is 324 g/mol. The molecule has 2 aromatic rings. The van der Waals surface area contributed by atoms with Crippen LogP contribution >= 0.6 is 0 Å². The maximum Gasteiger partial charge on any atom is 0.255 e. The van der Waals surface area contributed by atoms with E-state index in [-0.39, 0.29) is 11.8 Å². The van der Waals surface area contributed by atoms with E-state index < -0.39 is 0 Å². The van der Waals surface area contributed by atoms with Crippen LogP contribution in [0.3, 0.4) is 0 Å². The van der Waals surface area contributed by atoms with Crippen molar-refractivity contribution in [3.8, 4) is 0 Å². The van der Waals surface area contributed by atoms with Crippen LogP contribution in [0, 0.1) is 12.8 Å². The topological polar surface area (TPSA) is 58.2 Å². The fourth-order valence-corrected chi connectivity index (χ4v) is 2.73. The van der Waals surface area contributed by atoms with Gasteiger partial charge in [0.25, 0.3) is 11.8 Å². The Balaban J connectivity index is 2.21. The van der Waals surface area contributed by atoms with Crippen molar-refractivity contribution in [2.24, 2.45) is 5.92 Å². The van der Waals surface area contributed by atoms with Crippen molar-refractivity contribution in [2.75, 3.05) is 11.9 Å². The van der Waals surface area contributed by atoms with Gasteiger partial charge in [0.2, 0.25) is 0 Å². The van der Waals surface area contributed by atoms with Gasteiger partial charge in [0.1, 0.15) is 0 Å². The molecule has 0 radical (unpaired) electrons. The molecule has 0 aromatic heterocycles. The minimum Gasteiger partial charge on any atom is -0.352 e. The number of hydrogen-bond acceptors (Lipinski definition) is 2. The van der Waals surface area contributed by atoms with Crippen LogP contribution in [-0.2, 0) is 0 Å². The summed E-state index contributed by atoms with van der Waals surface area (Å²) in [4.78, 5) is 25.0. The van der Waals surface area contributed by atoms with Crippen LogP contribution in [0.25, 0.3) is 0 Å². The molecule has 4 nitrogen and oxygen atoms in total. The van der Waals surface area contributed by atoms with Crippen LogP contribution in [0.4, 0.5) is 5.69 Å². The van der Waals surface area contributed by atoms with Crippen LogP contribution < -0.4 is 10.6 Å². The summed E-state index contributed by atoms with van der Waals surface area (Å²) >= 11 is 0. The Labute approximate surface area is 156 Å². The summed E-state index contributed by atoms with van der Waals surface area (Å²) in [6.07, 6.45) is 0. The number of hydrogen-bond donors (Lipinski definition) is 2. The zero-order valence-corrected chi connectivity index (χ0v) is 16.2. The van der Waals surface area contributed by atoms with E-state index in [0.717, 1.165) is 16.8 Å². The number of nitrogens with one attached hydrogen (secondary N) is 2. The molecule has 138 valence electrons. The Morgan fingerprint density at radius 1 is 0.923 bits per heavy atom. The van der Waals surface area contributed by atoms with Gasteiger partial charge >= 0.3 is 0 Å². The van der Waals surface area contributed by atoms with Crippen molar-refractivity contribution >= 4 is 17.5 Å². The average Bonchev–Trinajstić information content (AvgIpc) is 2.61. The van der Waals surface area contributed by atoms with E-state index in [9.17, 15) is 9.59 Å². The van der Waals surface area contributed by atoms with Crippen molar-refractivity contribution in [1.29, 1.82) is 0 Å². The van der Waals surface area contributed by atoms with Crippen LogP contribution in [0.15, 0.2) is 42.5 Å². The first kappa shape index (κ1) is 19.7. The lowest BCUT2D eigenvalue weighted by molar-refractivity contribution is 0.0949. The molecule has 0 aliphatic heterocycles. The van der Waals surface area contributed by atoms with Gasteiger partial charge in [-0.15, -0.1) is 0 Å². The lowest BCUT2D eigenvalue weighted by atomic mass is 9.98. The van der Waals surface area contributed by atoms with Crippen molar-refractivity contribution in [2.45, 2.75) is 40.5 Å². The van der Waals surface area contributed by atoms with E-state index in [2.05, 4.69) is 24.5 Å². The number of aryl methyl sites for hydroxylation is 1. The van der Waals surface area contributed by atoms with E-state index >= 15 is 0 Å². The van der Waals surface area contributed by atoms with Gasteiger partial charge in [-0.2, -0.15) is 0 Å². The summed E-state index contributed by atoms with van der Waals surface area (Å²) in [5.41, 5.74) is 3.94. The Hall–Kier alpha value is -2.62. The van der Waals surface area contributed by atoms with Gasteiger partial charge in [-0.25, -0.2) is 0 Å². The van der Waals surface area contributed by atoms with Gasteiger partial charge in [-0.05, 0) is 48.1 Å². The molecule has 0 unspecified atom stereocenters. The molecule has 0 spiro atoms. The van der Waals surface area contributed by atoms with Gasteiger partial charge in [-0.3, -0.25) is 9.59 Å². The van der Waals surface area contributed by atoms with Gasteiger partial charge in [0.05, 0.1) is 0 Å². The third kappa shape index (κ3) is 4.94. The van der Waals surface area contributed by atoms with Crippen LogP contribution in [0.2, 0.25) is 0 Å². The van der Waals surface area contributed by atoms with E-state index in [4.69, 9.17) is 0 Å². The zero-order valence-electron chi connectivity index (χ0n) is 16.2. The highest BCUT2D eigenvalue weighted by molar-refractivity contribution is 6.06. The zero-order chi connectivity index (χ0) is 19.3. The van der Waals surface area contributed by atoms with E-state index in [1.54, 1.807) is 24.3 Å². The lowest BCUT2D eigenvalue weighted by Crippen LogP contribution is -2.27. The minimum atomic E-state index is -0.209. The molecule has 0 atom stereocenters. The molecule has 4 heteroatoms. The smallest absolute Gasteiger partial charge is 0.255 e. The molecule has 0 saturated carbocycles. The second-order valence-electron chi connectivity index (χ2n) is 7.33. The standard InChI is InChI=1S/C22H28N2O2/c1-14(2)13-23-21(25)17-9-7-10-18(12-17)22(26)24-20-16(5)8-6-11-19(20)15(3)4/h6-12,14-15H,13H2,1-5H3,(H,23,25)(H,24,26). The van der Waals surface area contributed by atoms with Crippen LogP contribution in [-0.4, -0.2) is 18.4 Å². The van der Waals surface area contributed by atoms with E-state index in [1.165, 1.54) is 0 Å². The highest BCUT2D eigenvalue weighted by Crippen LogP contribution is 2.27. The highest BCUT2D eigenvalue weighted by atomic mass is 16.2. The number of benzene rings is 2. The monoisotopic (exact) mass is 352 g/mol. The molecule has 2 amide bonds. The van der Waals surface area contributed by atoms with Gasteiger partial charge < -0.3 is 10.6 Å². The van der Waals surface area contributed by atoms with Gasteiger partial charge in [0, 0.05) is 23.4 Å². The fraction of sp³-hybridized carbons (Fsp3) is 0.364. The average molecular weight is 352 g/mol. The number of carbonyl (C=O) groups is 2. The quantitative estimate of drug-likeness (QED) is 0.788. The summed E-state index contributed by atoms with van der Waals surface area (Å²) < 4.78 is 0. The summed E-state index contributed by atoms with van der Waals surface area (Å²) in [6, 6.07) is 12.8. The summed E-state index contributed by atoms with van der Waals surface area (Å²) in [5.74, 6) is 0.311. The van der Waals surface area contributed by atoms with Crippen molar-refractivity contribution < 1.29 is 9.59 Å². The van der Waals surface area contributed by atoms with Crippen LogP contribution in [0.5, 0.6) is 0 Å². The Bertz CT molecular complexity index is 794. The second-order valence-corrected chi connectivity index (χ2v) is 7.33. The van der Waals surface area contributed by atoms with Crippen molar-refractivity contribution in [3.05, 3.63) is 64.7 Å². The first-order chi connectivity index (χ1) is 12.3. The molecule has 0 heterocycles. The third-order valence-corrected chi connectivity index (χ3v) is 4.22. The normalized spacial score (nSPS) is 10.9. The maximum absolute atomic E-state index is 12.7. The number of carbonyl (C=O) groups excluding carboxylic acids is 2. The molecule has 0 aliphatic rings. The second kappa shape index (κ2) is 8.65. The molecule has 0 bridgehead atoms. The fourth-order valence-electron chi connectivity index (χ4n) is 2.73. The first-order valence-electron chi connectivity index (χ1n) is 9.08. The molecule has 0 aliphatic carbocycles. The van der Waals surface area contributed by atoms with Crippen molar-refractivity contribution in [3.63, 3.8) is 0 Å². The molecule has 26 heavy (non-hydrogen) atoms. The van der Waals surface area contributed by atoms with Crippen LogP contribution in [0.1, 0.15) is 65.5 Å². The molecule has 2 rings (SSSR count). The number of anilines is 1. The van der Waals surface area contributed by atoms with Gasteiger partial charge in [-0.1, -0.05) is 52.0 Å². The largest absolute Gasteiger partial charge is 0.352 e. The van der Waals surface area contributed by atoms with E-state index in [1.807, 2.05) is 39.0 Å². The Morgan fingerprint density at radius 2 is 1.54 bits per heavy atom. The number of para-hydroxylation sites is 1. The Kier molecular flexibility index (Phi) is 6.56. The minimum absolute atomic E-state index is 0.160. The molecule has 2 aromatic carbocycles. The van der Waals surface area contributed by atoms with Gasteiger partial charge in [0.15, 0.2) is 0 Å². The van der Waals surface area contributed by atoms with E-state index in [0.29, 0.717) is 29.5 Å². The lowest BCUT2D eigenvalue weighted by Gasteiger charge is -2.16. The summed E-state index contributed by atoms with van der Waals surface area (Å²) in [6.45, 7) is 10.9. The Morgan fingerprint density at radius 3 is 2.15 bits per heavy atom. The molecular formula is C22H28N2O2. The number of rotatable bonds is 6. The third-order valence-electron chi connectivity index (χ3n) is 4.22. The molecule has 0 fully saturated rings. The molecule has 0 saturated heterocycles. The SMILES string of the molecule is Cc1cccc(C(C)C)c1NC(=O)c1cccc(C(=O)NCC(C)C)c1. The highest BCUT2D eigenvalue weighted by Gasteiger charge is 2.15. The predicted octanol–water partition coefficient (Wildman–Crippen LogP) is 4.76. The first-order valence-corrected chi connectivity index (χ1v) is 9.08. The number of amides is 2. The molecule has 2 N–H and O–H groups in total. The van der Waals surface area contributed by atoms with Crippen molar-refractivity contribution in [1.82, 2.24) is 5.32 Å². The maximum atomic E-state index is 12.7. The summed E-state index contributed by atoms with van der Waals surface area (Å²) in [5, 5.41) is 5.90. The summed E-state index contributed by atoms with van der Waals surface area (Å²) in [7, 11) is 0. The predicted molar refractivity (Wildman–Crippen MR) is 107 cm³/mol.